The van der Waals surface area contributed by atoms with Gasteiger partial charge in [-0.3, -0.25) is 0 Å². The van der Waals surface area contributed by atoms with E-state index in [1.54, 1.807) is 18.2 Å². The Morgan fingerprint density at radius 1 is 1.23 bits per heavy atom. The molecule has 0 aliphatic carbocycles. The summed E-state index contributed by atoms with van der Waals surface area (Å²) in [6.07, 6.45) is 0. The fourth-order valence-electron chi connectivity index (χ4n) is 1.23. The molecule has 0 saturated carbocycles. The maximum absolute atomic E-state index is 11.0. The minimum atomic E-state index is 0.541. The molecule has 0 atom stereocenters. The standard InChI is InChI=1S/C9H10NO3/c1-10(11)7-2-3-8-9(6-7)13-5-4-12-8/h2-3,6H,4-5H2,1H3/q-1. The zero-order chi connectivity index (χ0) is 9.26. The summed E-state index contributed by atoms with van der Waals surface area (Å²) in [4.78, 5) is 0. The number of fused-ring (bicyclic) bond motifs is 1. The Kier molecular flexibility index (Phi) is 1.98. The lowest BCUT2D eigenvalue weighted by molar-refractivity contribution is 0.171. The molecule has 0 fully saturated rings. The second-order valence-corrected chi connectivity index (χ2v) is 2.83. The smallest absolute Gasteiger partial charge is 0.163 e. The summed E-state index contributed by atoms with van der Waals surface area (Å²) in [7, 11) is 1.45. The maximum Gasteiger partial charge on any atom is 0.163 e. The highest BCUT2D eigenvalue weighted by molar-refractivity contribution is 5.56. The third-order valence-corrected chi connectivity index (χ3v) is 1.89. The van der Waals surface area contributed by atoms with Gasteiger partial charge in [-0.15, -0.1) is 0 Å². The lowest BCUT2D eigenvalue weighted by Crippen LogP contribution is -2.16. The first-order valence-electron chi connectivity index (χ1n) is 4.08. The van der Waals surface area contributed by atoms with E-state index in [2.05, 4.69) is 0 Å². The molecule has 1 aliphatic heterocycles. The summed E-state index contributed by atoms with van der Waals surface area (Å²) in [5, 5.41) is 11.7. The monoisotopic (exact) mass is 180 g/mol. The number of benzene rings is 1. The summed E-state index contributed by atoms with van der Waals surface area (Å²) in [6.45, 7) is 1.11. The van der Waals surface area contributed by atoms with E-state index in [-0.39, 0.29) is 0 Å². The fraction of sp³-hybridized carbons (Fsp3) is 0.333. The van der Waals surface area contributed by atoms with Crippen LogP contribution in [0.3, 0.4) is 0 Å². The maximum atomic E-state index is 11.0. The van der Waals surface area contributed by atoms with Crippen molar-refractivity contribution in [1.82, 2.24) is 0 Å². The molecule has 1 aromatic carbocycles. The van der Waals surface area contributed by atoms with E-state index in [0.717, 1.165) is 5.06 Å². The third-order valence-electron chi connectivity index (χ3n) is 1.89. The summed E-state index contributed by atoms with van der Waals surface area (Å²) < 4.78 is 10.6. The van der Waals surface area contributed by atoms with Gasteiger partial charge in [-0.2, -0.15) is 0 Å². The zero-order valence-electron chi connectivity index (χ0n) is 7.32. The van der Waals surface area contributed by atoms with Gasteiger partial charge < -0.3 is 19.7 Å². The van der Waals surface area contributed by atoms with Gasteiger partial charge in [-0.25, -0.2) is 0 Å². The zero-order valence-corrected chi connectivity index (χ0v) is 7.32. The number of nitrogens with zero attached hydrogens (tertiary/aromatic N) is 1. The van der Waals surface area contributed by atoms with E-state index >= 15 is 0 Å². The Hall–Kier alpha value is -1.42. The van der Waals surface area contributed by atoms with E-state index in [0.29, 0.717) is 30.4 Å². The van der Waals surface area contributed by atoms with Gasteiger partial charge in [0.05, 0.1) is 0 Å². The van der Waals surface area contributed by atoms with Crippen LogP contribution in [0.5, 0.6) is 11.5 Å². The van der Waals surface area contributed by atoms with E-state index in [9.17, 15) is 5.21 Å². The molecule has 0 N–H and O–H groups in total. The summed E-state index contributed by atoms with van der Waals surface area (Å²) >= 11 is 0. The predicted octanol–water partition coefficient (Wildman–Crippen LogP) is 1.39. The molecule has 4 nitrogen and oxygen atoms in total. The van der Waals surface area contributed by atoms with Crippen LogP contribution >= 0.6 is 0 Å². The van der Waals surface area contributed by atoms with Gasteiger partial charge in [-0.05, 0) is 19.2 Å². The van der Waals surface area contributed by atoms with Crippen molar-refractivity contribution in [1.29, 1.82) is 0 Å². The summed E-state index contributed by atoms with van der Waals surface area (Å²) in [5.41, 5.74) is 0.573. The number of rotatable bonds is 1. The van der Waals surface area contributed by atoms with Gasteiger partial charge in [0.1, 0.15) is 13.2 Å². The van der Waals surface area contributed by atoms with Crippen molar-refractivity contribution < 1.29 is 9.47 Å². The van der Waals surface area contributed by atoms with Crippen LogP contribution in [0.25, 0.3) is 0 Å². The van der Waals surface area contributed by atoms with Gasteiger partial charge >= 0.3 is 0 Å². The van der Waals surface area contributed by atoms with E-state index in [1.165, 1.54) is 7.05 Å². The quantitative estimate of drug-likeness (QED) is 0.612. The average Bonchev–Trinajstić information content (AvgIpc) is 2.17. The van der Waals surface area contributed by atoms with Crippen LogP contribution in [0.4, 0.5) is 5.69 Å². The van der Waals surface area contributed by atoms with Crippen molar-refractivity contribution in [3.8, 4) is 11.5 Å². The lowest BCUT2D eigenvalue weighted by Gasteiger charge is -2.27. The molecule has 0 unspecified atom stereocenters. The number of hydroxylamine groups is 1. The molecular formula is C9H10NO3-. The van der Waals surface area contributed by atoms with Gasteiger partial charge in [-0.1, -0.05) is 0 Å². The topological polar surface area (TPSA) is 44.8 Å². The van der Waals surface area contributed by atoms with Crippen LogP contribution in [0.15, 0.2) is 18.2 Å². The minimum Gasteiger partial charge on any atom is -0.758 e. The minimum absolute atomic E-state index is 0.541. The van der Waals surface area contributed by atoms with Gasteiger partial charge in [0.2, 0.25) is 0 Å². The summed E-state index contributed by atoms with van der Waals surface area (Å²) in [5.74, 6) is 1.35. The third kappa shape index (κ3) is 1.53. The molecule has 1 aliphatic rings. The Morgan fingerprint density at radius 2 is 1.92 bits per heavy atom. The molecule has 0 amide bonds. The SMILES string of the molecule is CN([O-])c1ccc2c(c1)OCCO2. The van der Waals surface area contributed by atoms with Crippen molar-refractivity contribution >= 4 is 5.69 Å². The van der Waals surface area contributed by atoms with Crippen molar-refractivity contribution in [2.75, 3.05) is 25.3 Å². The van der Waals surface area contributed by atoms with Crippen LogP contribution in [-0.2, 0) is 0 Å². The molecule has 70 valence electrons. The molecule has 0 radical (unpaired) electrons. The molecule has 2 rings (SSSR count). The molecule has 1 aromatic rings. The normalized spacial score (nSPS) is 14.0. The highest BCUT2D eigenvalue weighted by Crippen LogP contribution is 2.33. The van der Waals surface area contributed by atoms with Crippen LogP contribution < -0.4 is 14.5 Å². The number of ether oxygens (including phenoxy) is 2. The molecule has 4 heteroatoms. The Labute approximate surface area is 76.3 Å². The van der Waals surface area contributed by atoms with Crippen LogP contribution in [-0.4, -0.2) is 20.3 Å². The van der Waals surface area contributed by atoms with Gasteiger partial charge in [0.25, 0.3) is 0 Å². The molecule has 1 heterocycles. The predicted molar refractivity (Wildman–Crippen MR) is 49.2 cm³/mol. The first kappa shape index (κ1) is 8.19. The number of hydrogen-bond acceptors (Lipinski definition) is 4. The lowest BCUT2D eigenvalue weighted by atomic mass is 10.2. The number of anilines is 1. The van der Waals surface area contributed by atoms with Crippen molar-refractivity contribution in [2.45, 2.75) is 0 Å². The highest BCUT2D eigenvalue weighted by Gasteiger charge is 2.11. The molecule has 0 aromatic heterocycles. The molecule has 0 bridgehead atoms. The van der Waals surface area contributed by atoms with E-state index in [4.69, 9.17) is 9.47 Å². The largest absolute Gasteiger partial charge is 0.758 e. The second-order valence-electron chi connectivity index (χ2n) is 2.83. The van der Waals surface area contributed by atoms with Gasteiger partial charge in [0, 0.05) is 11.8 Å². The van der Waals surface area contributed by atoms with Crippen LogP contribution in [0.2, 0.25) is 0 Å². The first-order valence-corrected chi connectivity index (χ1v) is 4.08. The Balaban J connectivity index is 2.35. The van der Waals surface area contributed by atoms with E-state index < -0.39 is 0 Å². The molecular weight excluding hydrogens is 170 g/mol. The fourth-order valence-corrected chi connectivity index (χ4v) is 1.23. The second kappa shape index (κ2) is 3.14. The average molecular weight is 180 g/mol. The Bertz CT molecular complexity index is 312. The highest BCUT2D eigenvalue weighted by atomic mass is 16.6. The van der Waals surface area contributed by atoms with E-state index in [1.807, 2.05) is 0 Å². The summed E-state index contributed by atoms with van der Waals surface area (Å²) in [6, 6.07) is 5.14. The molecule has 0 spiro atoms. The molecule has 13 heavy (non-hydrogen) atoms. The molecule has 0 saturated heterocycles. The first-order chi connectivity index (χ1) is 6.27. The van der Waals surface area contributed by atoms with Crippen molar-refractivity contribution in [3.05, 3.63) is 23.4 Å². The van der Waals surface area contributed by atoms with Crippen LogP contribution in [0.1, 0.15) is 0 Å². The van der Waals surface area contributed by atoms with Crippen molar-refractivity contribution in [2.24, 2.45) is 0 Å². The number of hydrogen-bond donors (Lipinski definition) is 0. The van der Waals surface area contributed by atoms with Gasteiger partial charge in [0.15, 0.2) is 11.5 Å². The van der Waals surface area contributed by atoms with Crippen molar-refractivity contribution in [3.63, 3.8) is 0 Å². The van der Waals surface area contributed by atoms with Crippen LogP contribution in [0, 0.1) is 5.21 Å². The Morgan fingerprint density at radius 3 is 2.62 bits per heavy atom.